The number of piperidine rings is 1. The first-order valence-corrected chi connectivity index (χ1v) is 7.67. The maximum absolute atomic E-state index is 12.0. The summed E-state index contributed by atoms with van der Waals surface area (Å²) in [7, 11) is 0. The van der Waals surface area contributed by atoms with E-state index >= 15 is 0 Å². The first-order chi connectivity index (χ1) is 10.3. The van der Waals surface area contributed by atoms with Crippen molar-refractivity contribution in [1.29, 1.82) is 0 Å². The summed E-state index contributed by atoms with van der Waals surface area (Å²) in [4.78, 5) is 18.3. The molecule has 0 radical (unpaired) electrons. The predicted octanol–water partition coefficient (Wildman–Crippen LogP) is 0.846. The van der Waals surface area contributed by atoms with Crippen molar-refractivity contribution in [3.63, 3.8) is 0 Å². The van der Waals surface area contributed by atoms with Crippen LogP contribution in [0, 0.1) is 5.92 Å². The van der Waals surface area contributed by atoms with Gasteiger partial charge < -0.3 is 5.32 Å². The minimum atomic E-state index is -0.0359. The van der Waals surface area contributed by atoms with Gasteiger partial charge in [-0.15, -0.1) is 0 Å². The third kappa shape index (κ3) is 5.69. The maximum Gasteiger partial charge on any atom is 0.252 e. The second-order valence-electron chi connectivity index (χ2n) is 5.43. The lowest BCUT2D eigenvalue weighted by atomic mass is 9.99. The lowest BCUT2D eigenvalue weighted by molar-refractivity contribution is -0.121. The van der Waals surface area contributed by atoms with E-state index in [-0.39, 0.29) is 5.91 Å². The molecule has 1 aliphatic rings. The molecule has 2 heterocycles. The molecule has 1 aromatic heterocycles. The Labute approximate surface area is 126 Å². The van der Waals surface area contributed by atoms with E-state index in [4.69, 9.17) is 0 Å². The number of carbonyl (C=O) groups is 1. The predicted molar refractivity (Wildman–Crippen MR) is 83.7 cm³/mol. The zero-order chi connectivity index (χ0) is 14.9. The molecule has 0 spiro atoms. The average Bonchev–Trinajstić information content (AvgIpc) is 2.54. The van der Waals surface area contributed by atoms with Gasteiger partial charge in [-0.1, -0.05) is 13.0 Å². The molecular weight excluding hydrogens is 266 g/mol. The molecule has 1 saturated heterocycles. The van der Waals surface area contributed by atoms with Gasteiger partial charge in [0.2, 0.25) is 0 Å². The Morgan fingerprint density at radius 3 is 3.10 bits per heavy atom. The smallest absolute Gasteiger partial charge is 0.252 e. The number of amides is 1. The fourth-order valence-electron chi connectivity index (χ4n) is 2.56. The summed E-state index contributed by atoms with van der Waals surface area (Å²) in [5.41, 5.74) is 5.52. The van der Waals surface area contributed by atoms with Gasteiger partial charge in [0.1, 0.15) is 5.82 Å². The lowest BCUT2D eigenvalue weighted by Gasteiger charge is -2.29. The Balaban J connectivity index is 1.71. The number of nitrogens with zero attached hydrogens (tertiary/aromatic N) is 2. The van der Waals surface area contributed by atoms with Crippen molar-refractivity contribution in [2.45, 2.75) is 19.8 Å². The van der Waals surface area contributed by atoms with Crippen molar-refractivity contribution in [1.82, 2.24) is 20.6 Å². The quantitative estimate of drug-likeness (QED) is 0.650. The van der Waals surface area contributed by atoms with Gasteiger partial charge in [0.15, 0.2) is 0 Å². The van der Waals surface area contributed by atoms with Crippen LogP contribution in [0.3, 0.4) is 0 Å². The Kier molecular flexibility index (Phi) is 6.43. The van der Waals surface area contributed by atoms with E-state index in [1.54, 1.807) is 6.20 Å². The molecule has 6 heteroatoms. The molecule has 0 bridgehead atoms. The summed E-state index contributed by atoms with van der Waals surface area (Å²) in [6.07, 6.45) is 4.16. The van der Waals surface area contributed by atoms with Crippen LogP contribution in [0.1, 0.15) is 19.8 Å². The van der Waals surface area contributed by atoms with Crippen molar-refractivity contribution >= 4 is 11.7 Å². The summed E-state index contributed by atoms with van der Waals surface area (Å²) < 4.78 is 0. The molecule has 6 nitrogen and oxygen atoms in total. The SMILES string of the molecule is CCN(CC(=O)NNc1ccccn1)CC1CCCNC1. The fraction of sp³-hybridized carbons (Fsp3) is 0.600. The van der Waals surface area contributed by atoms with E-state index in [0.717, 1.165) is 26.2 Å². The van der Waals surface area contributed by atoms with Crippen molar-refractivity contribution in [2.24, 2.45) is 5.92 Å². The van der Waals surface area contributed by atoms with Gasteiger partial charge in [0.05, 0.1) is 6.54 Å². The van der Waals surface area contributed by atoms with Crippen LogP contribution in [0.4, 0.5) is 5.82 Å². The molecule has 116 valence electrons. The highest BCUT2D eigenvalue weighted by molar-refractivity contribution is 5.79. The van der Waals surface area contributed by atoms with Crippen molar-refractivity contribution in [3.8, 4) is 0 Å². The minimum Gasteiger partial charge on any atom is -0.316 e. The largest absolute Gasteiger partial charge is 0.316 e. The van der Waals surface area contributed by atoms with Gasteiger partial charge in [0, 0.05) is 12.7 Å². The first kappa shape index (κ1) is 15.7. The number of rotatable bonds is 7. The summed E-state index contributed by atoms with van der Waals surface area (Å²) in [6, 6.07) is 5.52. The van der Waals surface area contributed by atoms with Crippen LogP contribution in [-0.4, -0.2) is 48.5 Å². The van der Waals surface area contributed by atoms with Gasteiger partial charge in [-0.05, 0) is 50.5 Å². The summed E-state index contributed by atoms with van der Waals surface area (Å²) in [5.74, 6) is 1.26. The number of pyridine rings is 1. The molecule has 0 aliphatic carbocycles. The monoisotopic (exact) mass is 291 g/mol. The van der Waals surface area contributed by atoms with Gasteiger partial charge in [0.25, 0.3) is 5.91 Å². The Hall–Kier alpha value is -1.66. The molecule has 0 aromatic carbocycles. The molecule has 1 aromatic rings. The highest BCUT2D eigenvalue weighted by atomic mass is 16.2. The molecule has 1 fully saturated rings. The van der Waals surface area contributed by atoms with Crippen LogP contribution in [0.25, 0.3) is 0 Å². The molecule has 1 aliphatic heterocycles. The fourth-order valence-corrected chi connectivity index (χ4v) is 2.56. The number of hydrogen-bond acceptors (Lipinski definition) is 5. The molecule has 1 amide bonds. The zero-order valence-corrected chi connectivity index (χ0v) is 12.6. The third-order valence-corrected chi connectivity index (χ3v) is 3.72. The van der Waals surface area contributed by atoms with Crippen molar-refractivity contribution in [3.05, 3.63) is 24.4 Å². The van der Waals surface area contributed by atoms with Gasteiger partial charge in [-0.25, -0.2) is 4.98 Å². The van der Waals surface area contributed by atoms with Crippen LogP contribution in [0.15, 0.2) is 24.4 Å². The minimum absolute atomic E-state index is 0.0359. The number of likely N-dealkylation sites (N-methyl/N-ethyl adjacent to an activating group) is 1. The normalized spacial score (nSPS) is 18.5. The standard InChI is InChI=1S/C15H25N5O/c1-2-20(11-13-6-5-8-16-10-13)12-15(21)19-18-14-7-3-4-9-17-14/h3-4,7,9,13,16H,2,5-6,8,10-12H2,1H3,(H,17,18)(H,19,21). The van der Waals surface area contributed by atoms with Gasteiger partial charge in [-0.3, -0.25) is 20.5 Å². The number of hydrazine groups is 1. The van der Waals surface area contributed by atoms with Crippen LogP contribution in [0.2, 0.25) is 0 Å². The number of aromatic nitrogens is 1. The topological polar surface area (TPSA) is 69.3 Å². The number of hydrogen-bond donors (Lipinski definition) is 3. The Morgan fingerprint density at radius 2 is 2.43 bits per heavy atom. The van der Waals surface area contributed by atoms with E-state index in [0.29, 0.717) is 18.3 Å². The third-order valence-electron chi connectivity index (χ3n) is 3.72. The van der Waals surface area contributed by atoms with Gasteiger partial charge >= 0.3 is 0 Å². The molecule has 0 saturated carbocycles. The maximum atomic E-state index is 12.0. The summed E-state index contributed by atoms with van der Waals surface area (Å²) >= 11 is 0. The van der Waals surface area contributed by atoms with E-state index in [1.165, 1.54) is 12.8 Å². The number of anilines is 1. The Morgan fingerprint density at radius 1 is 1.52 bits per heavy atom. The van der Waals surface area contributed by atoms with Crippen LogP contribution >= 0.6 is 0 Å². The van der Waals surface area contributed by atoms with Crippen LogP contribution < -0.4 is 16.2 Å². The van der Waals surface area contributed by atoms with E-state index < -0.39 is 0 Å². The van der Waals surface area contributed by atoms with Gasteiger partial charge in [-0.2, -0.15) is 0 Å². The summed E-state index contributed by atoms with van der Waals surface area (Å²) in [6.45, 7) is 6.54. The molecule has 1 unspecified atom stereocenters. The van der Waals surface area contributed by atoms with E-state index in [1.807, 2.05) is 18.2 Å². The lowest BCUT2D eigenvalue weighted by Crippen LogP contribution is -2.44. The average molecular weight is 291 g/mol. The van der Waals surface area contributed by atoms with E-state index in [2.05, 4.69) is 33.0 Å². The van der Waals surface area contributed by atoms with Crippen LogP contribution in [0.5, 0.6) is 0 Å². The molecule has 2 rings (SSSR count). The van der Waals surface area contributed by atoms with Crippen molar-refractivity contribution in [2.75, 3.05) is 38.1 Å². The molecule has 1 atom stereocenters. The molecule has 21 heavy (non-hydrogen) atoms. The number of nitrogens with one attached hydrogen (secondary N) is 3. The zero-order valence-electron chi connectivity index (χ0n) is 12.6. The second-order valence-corrected chi connectivity index (χ2v) is 5.43. The second kappa shape index (κ2) is 8.59. The highest BCUT2D eigenvalue weighted by Crippen LogP contribution is 2.11. The Bertz CT molecular complexity index is 419. The molecule has 3 N–H and O–H groups in total. The number of carbonyl (C=O) groups excluding carboxylic acids is 1. The summed E-state index contributed by atoms with van der Waals surface area (Å²) in [5, 5.41) is 3.42. The molecular formula is C15H25N5O. The van der Waals surface area contributed by atoms with Crippen molar-refractivity contribution < 1.29 is 4.79 Å². The highest BCUT2D eigenvalue weighted by Gasteiger charge is 2.17. The van der Waals surface area contributed by atoms with E-state index in [9.17, 15) is 4.79 Å². The first-order valence-electron chi connectivity index (χ1n) is 7.67. The van der Waals surface area contributed by atoms with Crippen LogP contribution in [-0.2, 0) is 4.79 Å².